The monoisotopic (exact) mass is 227 g/mol. The van der Waals surface area contributed by atoms with Gasteiger partial charge in [0.05, 0.1) is 12.4 Å². The Morgan fingerprint density at radius 3 is 2.50 bits per heavy atom. The van der Waals surface area contributed by atoms with E-state index in [2.05, 4.69) is 15.3 Å². The lowest BCUT2D eigenvalue weighted by Crippen LogP contribution is -2.31. The summed E-state index contributed by atoms with van der Waals surface area (Å²) < 4.78 is 12.5. The zero-order chi connectivity index (χ0) is 12.1. The van der Waals surface area contributed by atoms with E-state index in [-0.39, 0.29) is 11.9 Å². The zero-order valence-electron chi connectivity index (χ0n) is 9.14. The van der Waals surface area contributed by atoms with Crippen molar-refractivity contribution in [1.29, 1.82) is 0 Å². The van der Waals surface area contributed by atoms with Gasteiger partial charge in [0, 0.05) is 0 Å². The topological polar surface area (TPSA) is 75.1 Å². The number of hydrogen-bond acceptors (Lipinski definition) is 4. The second-order valence-electron chi connectivity index (χ2n) is 3.89. The van der Waals surface area contributed by atoms with Crippen LogP contribution in [0.1, 0.15) is 20.3 Å². The minimum absolute atomic E-state index is 0.120. The van der Waals surface area contributed by atoms with Crippen LogP contribution in [0.4, 0.5) is 10.3 Å². The maximum atomic E-state index is 12.5. The number of rotatable bonds is 5. The number of aromatic nitrogens is 2. The average Bonchev–Trinajstić information content (AvgIpc) is 2.19. The molecule has 0 radical (unpaired) electrons. The Bertz CT molecular complexity index is 354. The summed E-state index contributed by atoms with van der Waals surface area (Å²) in [5.74, 6) is -1.17. The van der Waals surface area contributed by atoms with E-state index in [4.69, 9.17) is 5.11 Å². The number of carboxylic acid groups (broad SMARTS) is 1. The van der Waals surface area contributed by atoms with Crippen LogP contribution >= 0.6 is 0 Å². The lowest BCUT2D eigenvalue weighted by Gasteiger charge is -2.15. The molecule has 6 heteroatoms. The molecule has 0 saturated heterocycles. The van der Waals surface area contributed by atoms with Gasteiger partial charge in [-0.15, -0.1) is 0 Å². The van der Waals surface area contributed by atoms with Gasteiger partial charge in [-0.3, -0.25) is 0 Å². The van der Waals surface area contributed by atoms with Crippen molar-refractivity contribution in [3.63, 3.8) is 0 Å². The van der Waals surface area contributed by atoms with Gasteiger partial charge in [0.15, 0.2) is 5.82 Å². The van der Waals surface area contributed by atoms with Crippen LogP contribution in [-0.2, 0) is 4.79 Å². The third-order valence-corrected chi connectivity index (χ3v) is 1.93. The molecule has 1 rings (SSSR count). The van der Waals surface area contributed by atoms with Crippen molar-refractivity contribution in [2.45, 2.75) is 26.3 Å². The summed E-state index contributed by atoms with van der Waals surface area (Å²) in [5.41, 5.74) is 0. The first-order valence-electron chi connectivity index (χ1n) is 4.96. The Morgan fingerprint density at radius 2 is 2.06 bits per heavy atom. The van der Waals surface area contributed by atoms with Crippen LogP contribution in [0, 0.1) is 11.7 Å². The highest BCUT2D eigenvalue weighted by atomic mass is 19.1. The molecule has 0 fully saturated rings. The maximum Gasteiger partial charge on any atom is 0.326 e. The van der Waals surface area contributed by atoms with Crippen molar-refractivity contribution in [3.05, 3.63) is 18.2 Å². The molecule has 1 aromatic rings. The number of hydrogen-bond donors (Lipinski definition) is 2. The van der Waals surface area contributed by atoms with Crippen LogP contribution in [0.3, 0.4) is 0 Å². The molecule has 0 unspecified atom stereocenters. The Kier molecular flexibility index (Phi) is 4.16. The molecule has 0 amide bonds. The third-order valence-electron chi connectivity index (χ3n) is 1.93. The van der Waals surface area contributed by atoms with Crippen molar-refractivity contribution in [2.24, 2.45) is 5.92 Å². The zero-order valence-corrected chi connectivity index (χ0v) is 9.14. The Morgan fingerprint density at radius 1 is 1.50 bits per heavy atom. The minimum Gasteiger partial charge on any atom is -0.480 e. The van der Waals surface area contributed by atoms with Crippen LogP contribution in [0.25, 0.3) is 0 Å². The van der Waals surface area contributed by atoms with Crippen LogP contribution in [0.15, 0.2) is 12.4 Å². The fourth-order valence-corrected chi connectivity index (χ4v) is 1.24. The van der Waals surface area contributed by atoms with Gasteiger partial charge in [-0.1, -0.05) is 13.8 Å². The number of nitrogens with one attached hydrogen (secondary N) is 1. The fraction of sp³-hybridized carbons (Fsp3) is 0.500. The molecular formula is C10H14FN3O2. The first-order valence-corrected chi connectivity index (χ1v) is 4.96. The highest BCUT2D eigenvalue weighted by Crippen LogP contribution is 2.09. The lowest BCUT2D eigenvalue weighted by atomic mass is 10.0. The number of halogens is 1. The molecule has 2 N–H and O–H groups in total. The van der Waals surface area contributed by atoms with E-state index in [9.17, 15) is 9.18 Å². The molecule has 0 bridgehead atoms. The molecule has 0 aliphatic rings. The highest BCUT2D eigenvalue weighted by molar-refractivity contribution is 5.76. The van der Waals surface area contributed by atoms with Gasteiger partial charge < -0.3 is 10.4 Å². The van der Waals surface area contributed by atoms with E-state index in [1.165, 1.54) is 0 Å². The lowest BCUT2D eigenvalue weighted by molar-refractivity contribution is -0.138. The Hall–Kier alpha value is -1.72. The van der Waals surface area contributed by atoms with Gasteiger partial charge in [-0.2, -0.15) is 0 Å². The van der Waals surface area contributed by atoms with Crippen LogP contribution in [-0.4, -0.2) is 27.1 Å². The van der Waals surface area contributed by atoms with E-state index in [1.54, 1.807) is 0 Å². The highest BCUT2D eigenvalue weighted by Gasteiger charge is 2.19. The van der Waals surface area contributed by atoms with Gasteiger partial charge in [0.2, 0.25) is 5.95 Å². The molecule has 0 aromatic carbocycles. The molecule has 0 spiro atoms. The minimum atomic E-state index is -0.971. The number of anilines is 1. The number of carboxylic acids is 1. The van der Waals surface area contributed by atoms with Crippen molar-refractivity contribution in [2.75, 3.05) is 5.32 Å². The summed E-state index contributed by atoms with van der Waals surface area (Å²) >= 11 is 0. The second-order valence-corrected chi connectivity index (χ2v) is 3.89. The third kappa shape index (κ3) is 3.80. The standard InChI is InChI=1S/C10H14FN3O2/c1-6(2)3-8(9(15)16)14-10-12-4-7(11)5-13-10/h4-6,8H,3H2,1-2H3,(H,15,16)(H,12,13,14)/t8-/m1/s1. The van der Waals surface area contributed by atoms with E-state index in [1.807, 2.05) is 13.8 Å². The van der Waals surface area contributed by atoms with Gasteiger partial charge in [0.1, 0.15) is 6.04 Å². The molecule has 0 aliphatic heterocycles. The van der Waals surface area contributed by atoms with E-state index in [0.29, 0.717) is 6.42 Å². The Labute approximate surface area is 92.7 Å². The predicted octanol–water partition coefficient (Wildman–Crippen LogP) is 1.53. The maximum absolute atomic E-state index is 12.5. The first kappa shape index (κ1) is 12.4. The van der Waals surface area contributed by atoms with Gasteiger partial charge >= 0.3 is 5.97 Å². The summed E-state index contributed by atoms with van der Waals surface area (Å²) in [6.45, 7) is 3.84. The van der Waals surface area contributed by atoms with Crippen LogP contribution in [0.2, 0.25) is 0 Å². The van der Waals surface area contributed by atoms with E-state index < -0.39 is 17.8 Å². The quantitative estimate of drug-likeness (QED) is 0.797. The van der Waals surface area contributed by atoms with Crippen molar-refractivity contribution < 1.29 is 14.3 Å². The molecule has 0 saturated carbocycles. The second kappa shape index (κ2) is 5.39. The largest absolute Gasteiger partial charge is 0.480 e. The van der Waals surface area contributed by atoms with E-state index in [0.717, 1.165) is 12.4 Å². The fourth-order valence-electron chi connectivity index (χ4n) is 1.24. The molecule has 88 valence electrons. The summed E-state index contributed by atoms with van der Waals surface area (Å²) in [7, 11) is 0. The van der Waals surface area contributed by atoms with Gasteiger partial charge in [0.25, 0.3) is 0 Å². The van der Waals surface area contributed by atoms with Crippen molar-refractivity contribution in [3.8, 4) is 0 Å². The molecule has 16 heavy (non-hydrogen) atoms. The van der Waals surface area contributed by atoms with Crippen molar-refractivity contribution in [1.82, 2.24) is 9.97 Å². The van der Waals surface area contributed by atoms with Crippen LogP contribution in [0.5, 0.6) is 0 Å². The molecule has 0 aliphatic carbocycles. The first-order chi connectivity index (χ1) is 7.49. The van der Waals surface area contributed by atoms with Crippen LogP contribution < -0.4 is 5.32 Å². The summed E-state index contributed by atoms with van der Waals surface area (Å²) in [5, 5.41) is 11.6. The molecule has 1 atom stereocenters. The summed E-state index contributed by atoms with van der Waals surface area (Å²) in [6.07, 6.45) is 2.43. The molecule has 1 aromatic heterocycles. The SMILES string of the molecule is CC(C)C[C@@H](Nc1ncc(F)cn1)C(=O)O. The van der Waals surface area contributed by atoms with Crippen molar-refractivity contribution >= 4 is 11.9 Å². The normalized spacial score (nSPS) is 12.5. The number of carbonyl (C=O) groups is 1. The Balaban J connectivity index is 2.68. The molecule has 5 nitrogen and oxygen atoms in total. The van der Waals surface area contributed by atoms with Gasteiger partial charge in [-0.05, 0) is 12.3 Å². The van der Waals surface area contributed by atoms with E-state index >= 15 is 0 Å². The molecule has 1 heterocycles. The average molecular weight is 227 g/mol. The molecular weight excluding hydrogens is 213 g/mol. The predicted molar refractivity (Wildman–Crippen MR) is 56.5 cm³/mol. The summed E-state index contributed by atoms with van der Waals surface area (Å²) in [6, 6.07) is -0.759. The summed E-state index contributed by atoms with van der Waals surface area (Å²) in [4.78, 5) is 18.2. The smallest absolute Gasteiger partial charge is 0.326 e. The number of aliphatic carboxylic acids is 1. The van der Waals surface area contributed by atoms with Gasteiger partial charge in [-0.25, -0.2) is 19.2 Å². The number of nitrogens with zero attached hydrogens (tertiary/aromatic N) is 2.